The molecule has 13 amide bonds. The number of amides is 13. The lowest BCUT2D eigenvalue weighted by molar-refractivity contribution is -0.143. The van der Waals surface area contributed by atoms with Crippen molar-refractivity contribution in [3.63, 3.8) is 0 Å². The second kappa shape index (κ2) is 42.2. The summed E-state index contributed by atoms with van der Waals surface area (Å²) in [7, 11) is 0. The van der Waals surface area contributed by atoms with Gasteiger partial charge in [0.2, 0.25) is 76.8 Å². The number of H-pyrrole nitrogens is 1. The molecule has 3 aromatic rings. The van der Waals surface area contributed by atoms with Crippen molar-refractivity contribution in [2.75, 3.05) is 13.1 Å². The van der Waals surface area contributed by atoms with Gasteiger partial charge in [-0.25, -0.2) is 4.79 Å². The van der Waals surface area contributed by atoms with Crippen LogP contribution in [0.4, 0.5) is 0 Å². The van der Waals surface area contributed by atoms with Crippen LogP contribution in [0.3, 0.4) is 0 Å². The number of carbonyl (C=O) groups excluding carboxylic acids is 13. The maximum atomic E-state index is 14.4. The molecule has 0 aliphatic carbocycles. The SMILES string of the molecule is CC[C@H](C)CCCC[C@H](O)CC(=O)N[C@@H](CC(N)=O)C(=O)N[C@H](C(=O)N[C@@H](Cc1ccccc1)C(=O)N[C@H](CC(N)=O)C(=O)N[C@H](CC(N)=O)C(=O)N[C@@H](CCCCN)C(=O)N[C@H](C(=O)NCC(=O)N[C@@H](Cc1c[nH]c2ccccc12)C(=O)N[C@@H](C(=O)O)[C@H](C)CC)[C@H](C)O)C(C)C. The molecule has 0 aliphatic rings. The third-order valence-corrected chi connectivity index (χ3v) is 16.5. The smallest absolute Gasteiger partial charge is 0.326 e. The van der Waals surface area contributed by atoms with Crippen LogP contribution in [0.25, 0.3) is 10.9 Å². The highest BCUT2D eigenvalue weighted by Gasteiger charge is 2.38. The fraction of sp³-hybridized carbons (Fsp3) is 0.576. The van der Waals surface area contributed by atoms with Crippen LogP contribution in [0.5, 0.6) is 0 Å². The van der Waals surface area contributed by atoms with E-state index in [-0.39, 0.29) is 32.2 Å². The molecule has 13 atom stereocenters. The Hall–Kier alpha value is -9.56. The summed E-state index contributed by atoms with van der Waals surface area (Å²) >= 11 is 0. The minimum Gasteiger partial charge on any atom is -0.480 e. The molecule has 0 spiro atoms. The van der Waals surface area contributed by atoms with Crippen molar-refractivity contribution in [1.82, 2.24) is 58.2 Å². The number of nitrogens with one attached hydrogen (secondary N) is 11. The molecule has 32 nitrogen and oxygen atoms in total. The van der Waals surface area contributed by atoms with E-state index < -0.39 is 193 Å². The van der Waals surface area contributed by atoms with Crippen LogP contribution < -0.4 is 76.1 Å². The highest BCUT2D eigenvalue weighted by molar-refractivity contribution is 6.01. The Balaban J connectivity index is 1.85. The largest absolute Gasteiger partial charge is 0.480 e. The second-order valence-corrected chi connectivity index (χ2v) is 25.1. The van der Waals surface area contributed by atoms with Crippen molar-refractivity contribution < 1.29 is 82.4 Å². The number of benzene rings is 2. The lowest BCUT2D eigenvalue weighted by Crippen LogP contribution is -2.62. The number of carboxylic acid groups (broad SMARTS) is 1. The third-order valence-electron chi connectivity index (χ3n) is 16.5. The predicted molar refractivity (Wildman–Crippen MR) is 359 cm³/mol. The van der Waals surface area contributed by atoms with E-state index in [4.69, 9.17) is 22.9 Å². The molecule has 98 heavy (non-hydrogen) atoms. The molecule has 542 valence electrons. The van der Waals surface area contributed by atoms with Gasteiger partial charge in [0.15, 0.2) is 0 Å². The minimum atomic E-state index is -1.95. The number of aliphatic hydroxyl groups excluding tert-OH is 2. The fourth-order valence-corrected chi connectivity index (χ4v) is 10.4. The molecular formula is C66H101N15O17. The molecule has 32 heteroatoms. The molecule has 0 radical (unpaired) electrons. The van der Waals surface area contributed by atoms with Gasteiger partial charge >= 0.3 is 5.97 Å². The van der Waals surface area contributed by atoms with Gasteiger partial charge in [0.25, 0.3) is 0 Å². The molecule has 1 aromatic heterocycles. The summed E-state index contributed by atoms with van der Waals surface area (Å²) in [6, 6.07) is 0.551. The first-order valence-electron chi connectivity index (χ1n) is 33.0. The number of aliphatic carboxylic acids is 1. The number of aliphatic hydroxyl groups is 2. The molecular weight excluding hydrogens is 1270 g/mol. The Kier molecular flexibility index (Phi) is 35.6. The maximum Gasteiger partial charge on any atom is 0.326 e. The normalized spacial score (nSPS) is 15.2. The van der Waals surface area contributed by atoms with Crippen molar-refractivity contribution in [2.24, 2.45) is 40.7 Å². The summed E-state index contributed by atoms with van der Waals surface area (Å²) in [5.74, 6) is -15.7. The number of aromatic nitrogens is 1. The first kappa shape index (κ1) is 82.7. The second-order valence-electron chi connectivity index (χ2n) is 25.1. The first-order valence-corrected chi connectivity index (χ1v) is 33.0. The van der Waals surface area contributed by atoms with Gasteiger partial charge in [0.1, 0.15) is 54.4 Å². The van der Waals surface area contributed by atoms with Gasteiger partial charge in [-0.15, -0.1) is 0 Å². The Morgan fingerprint density at radius 3 is 1.49 bits per heavy atom. The van der Waals surface area contributed by atoms with E-state index in [0.29, 0.717) is 48.1 Å². The number of unbranched alkanes of at least 4 members (excludes halogenated alkanes) is 2. The van der Waals surface area contributed by atoms with Gasteiger partial charge in [0.05, 0.1) is 44.4 Å². The molecule has 0 saturated heterocycles. The van der Waals surface area contributed by atoms with E-state index in [9.17, 15) is 82.4 Å². The van der Waals surface area contributed by atoms with Crippen LogP contribution in [0, 0.1) is 17.8 Å². The molecule has 3 rings (SSSR count). The molecule has 0 fully saturated rings. The molecule has 2 aromatic carbocycles. The number of carboxylic acids is 1. The predicted octanol–water partition coefficient (Wildman–Crippen LogP) is -2.29. The molecule has 0 saturated carbocycles. The number of fused-ring (bicyclic) bond motifs is 1. The minimum absolute atomic E-state index is 0.120. The highest BCUT2D eigenvalue weighted by Crippen LogP contribution is 2.21. The van der Waals surface area contributed by atoms with E-state index in [0.717, 1.165) is 31.7 Å². The van der Waals surface area contributed by atoms with Gasteiger partial charge < -0.3 is 96.4 Å². The van der Waals surface area contributed by atoms with Crippen LogP contribution in [0.15, 0.2) is 60.8 Å². The summed E-state index contributed by atoms with van der Waals surface area (Å²) < 4.78 is 0. The summed E-state index contributed by atoms with van der Waals surface area (Å²) in [5.41, 5.74) is 24.0. The number of primary amides is 3. The van der Waals surface area contributed by atoms with Crippen molar-refractivity contribution in [3.8, 4) is 0 Å². The average Bonchev–Trinajstić information content (AvgIpc) is 1.62. The zero-order valence-electron chi connectivity index (χ0n) is 56.7. The molecule has 0 unspecified atom stereocenters. The highest BCUT2D eigenvalue weighted by atomic mass is 16.4. The third kappa shape index (κ3) is 29.0. The van der Waals surface area contributed by atoms with Crippen molar-refractivity contribution in [1.29, 1.82) is 0 Å². The van der Waals surface area contributed by atoms with Gasteiger partial charge in [-0.3, -0.25) is 62.3 Å². The van der Waals surface area contributed by atoms with Crippen LogP contribution in [-0.2, 0) is 80.0 Å². The number of carbonyl (C=O) groups is 14. The van der Waals surface area contributed by atoms with Crippen LogP contribution >= 0.6 is 0 Å². The summed E-state index contributed by atoms with van der Waals surface area (Å²) in [5, 5.41) is 56.2. The monoisotopic (exact) mass is 1380 g/mol. The zero-order valence-corrected chi connectivity index (χ0v) is 56.7. The molecule has 22 N–H and O–H groups in total. The average molecular weight is 1380 g/mol. The zero-order chi connectivity index (χ0) is 73.3. The molecule has 0 aliphatic heterocycles. The van der Waals surface area contributed by atoms with Crippen molar-refractivity contribution in [3.05, 3.63) is 71.9 Å². The number of rotatable bonds is 46. The number of aromatic amines is 1. The van der Waals surface area contributed by atoms with E-state index in [1.165, 1.54) is 0 Å². The van der Waals surface area contributed by atoms with Gasteiger partial charge in [-0.2, -0.15) is 0 Å². The lowest BCUT2D eigenvalue weighted by atomic mass is 9.98. The Morgan fingerprint density at radius 1 is 0.469 bits per heavy atom. The van der Waals surface area contributed by atoms with Crippen LogP contribution in [0.2, 0.25) is 0 Å². The van der Waals surface area contributed by atoms with E-state index in [1.807, 2.05) is 0 Å². The Labute approximate surface area is 569 Å². The van der Waals surface area contributed by atoms with E-state index >= 15 is 0 Å². The number of hydrogen-bond donors (Lipinski definition) is 18. The van der Waals surface area contributed by atoms with Gasteiger partial charge in [0, 0.05) is 29.9 Å². The first-order chi connectivity index (χ1) is 46.3. The topological polar surface area (TPSA) is 540 Å². The Bertz CT molecular complexity index is 3200. The fourth-order valence-electron chi connectivity index (χ4n) is 10.4. The molecule has 0 bridgehead atoms. The lowest BCUT2D eigenvalue weighted by Gasteiger charge is -2.28. The maximum absolute atomic E-state index is 14.4. The van der Waals surface area contributed by atoms with E-state index in [2.05, 4.69) is 72.0 Å². The number of hydrogen-bond acceptors (Lipinski definition) is 17. The molecule has 1 heterocycles. The van der Waals surface area contributed by atoms with Crippen molar-refractivity contribution >= 4 is 93.7 Å². The van der Waals surface area contributed by atoms with E-state index in [1.54, 1.807) is 88.5 Å². The Morgan fingerprint density at radius 2 is 0.939 bits per heavy atom. The van der Waals surface area contributed by atoms with Crippen LogP contribution in [-0.4, -0.2) is 183 Å². The van der Waals surface area contributed by atoms with Crippen molar-refractivity contribution in [2.45, 2.75) is 211 Å². The summed E-state index contributed by atoms with van der Waals surface area (Å²) in [6.45, 7) is 11.1. The number of para-hydroxylation sites is 1. The summed E-state index contributed by atoms with van der Waals surface area (Å²) in [4.78, 5) is 192. The van der Waals surface area contributed by atoms with Gasteiger partial charge in [-0.05, 0) is 74.1 Å². The quantitative estimate of drug-likeness (QED) is 0.0265. The number of nitrogens with two attached hydrogens (primary N) is 4. The van der Waals surface area contributed by atoms with Gasteiger partial charge in [-0.1, -0.05) is 122 Å². The summed E-state index contributed by atoms with van der Waals surface area (Å²) in [6.07, 6.45) is -0.116. The standard InChI is InChI=1S/C66H101N15O17/c1-8-36(5)19-13-14-22-41(83)29-53(87)73-47(30-50(68)84)63(94)79-55(35(3)4)65(96)78-45(27-39-20-11-10-12-21-39)59(90)76-49(32-52(70)86)61(92)77-48(31-51(69)85)60(91)75-44(25-17-18-26-67)58(89)81-57(38(7)82)64(95)72-34-54(88)74-46(62(93)80-56(66(97)98)37(6)9-2)28-40-33-71-43-24-16-15-23-42(40)43/h10-12,15-16,20-21,23-24,33,35-38,41,44-49,55-57,71,82-83H,8-9,13-14,17-19,22,25-32,34,67H2,1-7H3,(H2,68,84)(H2,69,85)(H2,70,86)(H,72,95)(H,73,87)(H,74,88)(H,75,91)(H,76,90)(H,77,92)(H,78,96)(H,79,94)(H,80,93)(H,81,89)(H,97,98)/t36-,37+,38-,41-,44-,45-,46-,47-,48+,49+,55-,56+,57-/m0/s1. The van der Waals surface area contributed by atoms with Crippen LogP contribution in [0.1, 0.15) is 143 Å².